The predicted octanol–water partition coefficient (Wildman–Crippen LogP) is 4.35. The van der Waals surface area contributed by atoms with Gasteiger partial charge >= 0.3 is 6.18 Å². The van der Waals surface area contributed by atoms with E-state index in [1.54, 1.807) is 12.1 Å². The largest absolute Gasteiger partial charge is 0.435 e. The molecule has 0 bridgehead atoms. The normalized spacial score (nSPS) is 15.3. The van der Waals surface area contributed by atoms with Gasteiger partial charge in [0.1, 0.15) is 0 Å². The van der Waals surface area contributed by atoms with Gasteiger partial charge in [0.05, 0.1) is 10.6 Å². The number of halogens is 3. The van der Waals surface area contributed by atoms with Crippen LogP contribution < -0.4 is 4.90 Å². The van der Waals surface area contributed by atoms with Crippen LogP contribution in [0.5, 0.6) is 0 Å². The Morgan fingerprint density at radius 1 is 0.968 bits per heavy atom. The van der Waals surface area contributed by atoms with Gasteiger partial charge in [0.15, 0.2) is 21.3 Å². The second-order valence-corrected chi connectivity index (χ2v) is 9.56. The van der Waals surface area contributed by atoms with E-state index in [4.69, 9.17) is 0 Å². The maximum absolute atomic E-state index is 13.4. The lowest BCUT2D eigenvalue weighted by Crippen LogP contribution is -2.29. The van der Waals surface area contributed by atoms with Crippen molar-refractivity contribution in [1.29, 1.82) is 0 Å². The zero-order chi connectivity index (χ0) is 22.2. The molecule has 0 amide bonds. The quantitative estimate of drug-likeness (QED) is 0.591. The zero-order valence-corrected chi connectivity index (χ0v) is 17.6. The van der Waals surface area contributed by atoms with E-state index in [-0.39, 0.29) is 16.4 Å². The summed E-state index contributed by atoms with van der Waals surface area (Å²) in [5, 5.41) is 3.70. The summed E-state index contributed by atoms with van der Waals surface area (Å²) in [6.07, 6.45) is 0.980. The number of alkyl halides is 3. The van der Waals surface area contributed by atoms with E-state index >= 15 is 0 Å². The number of benzene rings is 1. The van der Waals surface area contributed by atoms with E-state index < -0.39 is 21.7 Å². The molecule has 0 radical (unpaired) electrons. The third-order valence-corrected chi connectivity index (χ3v) is 6.35. The summed E-state index contributed by atoms with van der Waals surface area (Å²) in [6, 6.07) is 10.9. The van der Waals surface area contributed by atoms with E-state index in [0.717, 1.165) is 54.8 Å². The van der Waals surface area contributed by atoms with Crippen LogP contribution in [0.4, 0.5) is 18.9 Å². The Labute approximate surface area is 178 Å². The molecular weight excluding hydrogens is 429 g/mol. The van der Waals surface area contributed by atoms with Crippen molar-refractivity contribution < 1.29 is 21.6 Å². The lowest BCUT2D eigenvalue weighted by atomic mass is 10.1. The van der Waals surface area contributed by atoms with Crippen LogP contribution in [0.3, 0.4) is 0 Å². The summed E-state index contributed by atoms with van der Waals surface area (Å²) >= 11 is 0. The molecule has 0 saturated carbocycles. The van der Waals surface area contributed by atoms with Gasteiger partial charge < -0.3 is 4.90 Å². The summed E-state index contributed by atoms with van der Waals surface area (Å²) in [5.74, 6) is 0.0954. The van der Waals surface area contributed by atoms with Crippen molar-refractivity contribution in [2.75, 3.05) is 24.2 Å². The van der Waals surface area contributed by atoms with Crippen LogP contribution in [0, 0.1) is 0 Å². The standard InChI is InChI=1S/C21H21F3N4O2S/c1-31(29,30)17-9-10-20(25-14-17)28-18(13-19(26-28)21(22,23)24)15-5-7-16(8-6-15)27-11-3-2-4-12-27/h5-10,13-14H,2-4,11-12H2,1H3. The minimum atomic E-state index is -4.62. The topological polar surface area (TPSA) is 68.1 Å². The van der Waals surface area contributed by atoms with Crippen molar-refractivity contribution in [3.63, 3.8) is 0 Å². The van der Waals surface area contributed by atoms with Gasteiger partial charge in [-0.3, -0.25) is 0 Å². The van der Waals surface area contributed by atoms with Gasteiger partial charge in [-0.05, 0) is 49.6 Å². The van der Waals surface area contributed by atoms with Gasteiger partial charge in [-0.15, -0.1) is 0 Å². The Balaban J connectivity index is 1.74. The minimum Gasteiger partial charge on any atom is -0.372 e. The fourth-order valence-corrected chi connectivity index (χ4v) is 4.17. The average molecular weight is 450 g/mol. The average Bonchev–Trinajstić information content (AvgIpc) is 3.20. The van der Waals surface area contributed by atoms with E-state index in [1.165, 1.54) is 18.6 Å². The molecule has 0 aliphatic carbocycles. The second-order valence-electron chi connectivity index (χ2n) is 7.54. The van der Waals surface area contributed by atoms with Crippen molar-refractivity contribution in [3.05, 3.63) is 54.4 Å². The first-order chi connectivity index (χ1) is 14.6. The van der Waals surface area contributed by atoms with Crippen LogP contribution in [0.2, 0.25) is 0 Å². The fraction of sp³-hybridized carbons (Fsp3) is 0.333. The van der Waals surface area contributed by atoms with Crippen molar-refractivity contribution in [2.45, 2.75) is 30.3 Å². The molecule has 1 fully saturated rings. The van der Waals surface area contributed by atoms with Crippen LogP contribution >= 0.6 is 0 Å². The number of aromatic nitrogens is 3. The Morgan fingerprint density at radius 2 is 1.65 bits per heavy atom. The highest BCUT2D eigenvalue weighted by Crippen LogP contribution is 2.34. The van der Waals surface area contributed by atoms with Gasteiger partial charge in [-0.1, -0.05) is 12.1 Å². The number of sulfone groups is 1. The van der Waals surface area contributed by atoms with Gasteiger partial charge in [-0.25, -0.2) is 18.1 Å². The highest BCUT2D eigenvalue weighted by atomic mass is 32.2. The maximum Gasteiger partial charge on any atom is 0.435 e. The molecule has 0 N–H and O–H groups in total. The number of hydrogen-bond acceptors (Lipinski definition) is 5. The monoisotopic (exact) mass is 450 g/mol. The van der Waals surface area contributed by atoms with Crippen molar-refractivity contribution >= 4 is 15.5 Å². The molecule has 3 heterocycles. The SMILES string of the molecule is CS(=O)(=O)c1ccc(-n2nc(C(F)(F)F)cc2-c2ccc(N3CCCCC3)cc2)nc1. The number of hydrogen-bond donors (Lipinski definition) is 0. The van der Waals surface area contributed by atoms with Crippen LogP contribution in [0.25, 0.3) is 17.1 Å². The molecule has 6 nitrogen and oxygen atoms in total. The van der Waals surface area contributed by atoms with Gasteiger partial charge in [0.25, 0.3) is 0 Å². The molecular formula is C21H21F3N4O2S. The number of anilines is 1. The van der Waals surface area contributed by atoms with Crippen LogP contribution in [-0.2, 0) is 16.0 Å². The molecule has 1 aromatic carbocycles. The number of rotatable bonds is 4. The molecule has 4 rings (SSSR count). The molecule has 0 unspecified atom stereocenters. The molecule has 164 valence electrons. The summed E-state index contributed by atoms with van der Waals surface area (Å²) < 4.78 is 64.5. The highest BCUT2D eigenvalue weighted by Gasteiger charge is 2.35. The van der Waals surface area contributed by atoms with Gasteiger partial charge in [0, 0.05) is 36.8 Å². The maximum atomic E-state index is 13.4. The summed E-state index contributed by atoms with van der Waals surface area (Å²) in [5.41, 5.74) is 0.757. The van der Waals surface area contributed by atoms with Crippen molar-refractivity contribution in [2.24, 2.45) is 0 Å². The first kappa shape index (κ1) is 21.4. The Hall–Kier alpha value is -2.88. The third kappa shape index (κ3) is 4.58. The van der Waals surface area contributed by atoms with E-state index in [2.05, 4.69) is 15.0 Å². The van der Waals surface area contributed by atoms with Gasteiger partial charge in [-0.2, -0.15) is 18.3 Å². The van der Waals surface area contributed by atoms with Gasteiger partial charge in [0.2, 0.25) is 0 Å². The number of piperidine rings is 1. The molecule has 31 heavy (non-hydrogen) atoms. The Morgan fingerprint density at radius 3 is 2.19 bits per heavy atom. The molecule has 2 aromatic heterocycles. The van der Waals surface area contributed by atoms with E-state index in [0.29, 0.717) is 5.56 Å². The Kier molecular flexibility index (Phi) is 5.50. The fourth-order valence-electron chi connectivity index (χ4n) is 3.61. The molecule has 1 aliphatic heterocycles. The number of nitrogens with zero attached hydrogens (tertiary/aromatic N) is 4. The molecule has 10 heteroatoms. The molecule has 1 saturated heterocycles. The Bertz CT molecular complexity index is 1160. The lowest BCUT2D eigenvalue weighted by molar-refractivity contribution is -0.141. The summed E-state index contributed by atoms with van der Waals surface area (Å²) in [4.78, 5) is 6.27. The van der Waals surface area contributed by atoms with Crippen LogP contribution in [0.1, 0.15) is 25.0 Å². The summed E-state index contributed by atoms with van der Waals surface area (Å²) in [6.45, 7) is 1.93. The van der Waals surface area contributed by atoms with Crippen LogP contribution in [-0.4, -0.2) is 42.5 Å². The molecule has 0 atom stereocenters. The van der Waals surface area contributed by atoms with E-state index in [1.807, 2.05) is 12.1 Å². The smallest absolute Gasteiger partial charge is 0.372 e. The number of pyridine rings is 1. The first-order valence-corrected chi connectivity index (χ1v) is 11.7. The lowest BCUT2D eigenvalue weighted by Gasteiger charge is -2.28. The van der Waals surface area contributed by atoms with E-state index in [9.17, 15) is 21.6 Å². The van der Waals surface area contributed by atoms with Crippen molar-refractivity contribution in [3.8, 4) is 17.1 Å². The minimum absolute atomic E-state index is 0.0214. The predicted molar refractivity (Wildman–Crippen MR) is 111 cm³/mol. The summed E-state index contributed by atoms with van der Waals surface area (Å²) in [7, 11) is -3.47. The van der Waals surface area contributed by atoms with Crippen molar-refractivity contribution in [1.82, 2.24) is 14.8 Å². The second kappa shape index (κ2) is 7.99. The molecule has 3 aromatic rings. The zero-order valence-electron chi connectivity index (χ0n) is 16.8. The third-order valence-electron chi connectivity index (χ3n) is 5.25. The molecule has 0 spiro atoms. The molecule has 1 aliphatic rings. The first-order valence-electron chi connectivity index (χ1n) is 9.82. The van der Waals surface area contributed by atoms with Crippen LogP contribution in [0.15, 0.2) is 53.6 Å². The highest BCUT2D eigenvalue weighted by molar-refractivity contribution is 7.90.